The zero-order valence-electron chi connectivity index (χ0n) is 11.9. The maximum Gasteiger partial charge on any atom is 0.264 e. The molecular weight excluding hydrogens is 340 g/mol. The fourth-order valence-electron chi connectivity index (χ4n) is 1.60. The highest BCUT2D eigenvalue weighted by Gasteiger charge is 2.10. The van der Waals surface area contributed by atoms with E-state index in [1.54, 1.807) is 0 Å². The molecule has 110 valence electrons. The Morgan fingerprint density at radius 2 is 2.05 bits per heavy atom. The Bertz CT molecular complexity index is 490. The molecule has 6 heteroatoms. The van der Waals surface area contributed by atoms with E-state index >= 15 is 0 Å². The van der Waals surface area contributed by atoms with Gasteiger partial charge in [-0.3, -0.25) is 4.79 Å². The fourth-order valence-corrected chi connectivity index (χ4v) is 2.22. The summed E-state index contributed by atoms with van der Waals surface area (Å²) in [5.74, 6) is 0.414. The van der Waals surface area contributed by atoms with Gasteiger partial charge < -0.3 is 15.0 Å². The summed E-state index contributed by atoms with van der Waals surface area (Å²) in [6.07, 6.45) is 0. The number of halogens is 1. The van der Waals surface area contributed by atoms with Gasteiger partial charge in [-0.25, -0.2) is 0 Å². The van der Waals surface area contributed by atoms with Crippen molar-refractivity contribution in [2.75, 3.05) is 19.7 Å². The van der Waals surface area contributed by atoms with Crippen molar-refractivity contribution in [3.8, 4) is 5.75 Å². The Labute approximate surface area is 133 Å². The van der Waals surface area contributed by atoms with Crippen LogP contribution in [0.5, 0.6) is 5.75 Å². The minimum Gasteiger partial charge on any atom is -0.484 e. The molecule has 0 aliphatic heterocycles. The maximum absolute atomic E-state index is 11.8. The summed E-state index contributed by atoms with van der Waals surface area (Å²) >= 11 is 8.57. The summed E-state index contributed by atoms with van der Waals surface area (Å²) in [7, 11) is 0. The number of benzene rings is 1. The number of aryl methyl sites for hydroxylation is 1. The molecule has 0 unspecified atom stereocenters. The largest absolute Gasteiger partial charge is 0.484 e. The van der Waals surface area contributed by atoms with Gasteiger partial charge >= 0.3 is 0 Å². The third-order valence-corrected chi connectivity index (χ3v) is 4.05. The van der Waals surface area contributed by atoms with E-state index in [1.165, 1.54) is 0 Å². The summed E-state index contributed by atoms with van der Waals surface area (Å²) < 4.78 is 6.45. The average molecular weight is 359 g/mol. The number of ether oxygens (including phenoxy) is 1. The van der Waals surface area contributed by atoms with Crippen molar-refractivity contribution in [2.45, 2.75) is 20.8 Å². The zero-order valence-corrected chi connectivity index (χ0v) is 14.3. The third kappa shape index (κ3) is 5.09. The van der Waals surface area contributed by atoms with Crippen LogP contribution in [0.15, 0.2) is 22.7 Å². The van der Waals surface area contributed by atoms with E-state index in [0.29, 0.717) is 10.9 Å². The topological polar surface area (TPSA) is 41.6 Å². The minimum absolute atomic E-state index is 0.0531. The molecule has 0 spiro atoms. The van der Waals surface area contributed by atoms with Gasteiger partial charge in [0.15, 0.2) is 11.7 Å². The van der Waals surface area contributed by atoms with Crippen LogP contribution in [0.4, 0.5) is 0 Å². The van der Waals surface area contributed by atoms with Crippen molar-refractivity contribution in [3.05, 3.63) is 28.2 Å². The quantitative estimate of drug-likeness (QED) is 0.821. The summed E-state index contributed by atoms with van der Waals surface area (Å²) in [5.41, 5.74) is 1.06. The maximum atomic E-state index is 11.8. The summed E-state index contributed by atoms with van der Waals surface area (Å²) in [6.45, 7) is 7.42. The highest BCUT2D eigenvalue weighted by Crippen LogP contribution is 2.21. The van der Waals surface area contributed by atoms with Gasteiger partial charge in [-0.1, -0.05) is 15.9 Å². The molecule has 0 aromatic heterocycles. The van der Waals surface area contributed by atoms with Crippen LogP contribution in [0.3, 0.4) is 0 Å². The van der Waals surface area contributed by atoms with Gasteiger partial charge in [-0.15, -0.1) is 0 Å². The fraction of sp³-hybridized carbons (Fsp3) is 0.429. The molecule has 0 atom stereocenters. The van der Waals surface area contributed by atoms with Gasteiger partial charge in [0.1, 0.15) is 5.75 Å². The predicted molar refractivity (Wildman–Crippen MR) is 88.0 cm³/mol. The number of nitrogens with zero attached hydrogens (tertiary/aromatic N) is 1. The van der Waals surface area contributed by atoms with E-state index in [1.807, 2.05) is 43.9 Å². The number of rotatable bonds is 5. The zero-order chi connectivity index (χ0) is 15.1. The van der Waals surface area contributed by atoms with Crippen LogP contribution >= 0.6 is 28.1 Å². The lowest BCUT2D eigenvalue weighted by Gasteiger charge is -2.21. The first-order valence-electron chi connectivity index (χ1n) is 6.45. The summed E-state index contributed by atoms with van der Waals surface area (Å²) in [6, 6.07) is 5.58. The van der Waals surface area contributed by atoms with Crippen LogP contribution in [0.1, 0.15) is 19.4 Å². The SMILES string of the molecule is CCN(CC)C(=S)NC(=O)COc1ccc(Br)c(C)c1. The van der Waals surface area contributed by atoms with E-state index in [0.717, 1.165) is 23.1 Å². The lowest BCUT2D eigenvalue weighted by atomic mass is 10.2. The molecule has 1 aromatic rings. The minimum atomic E-state index is -0.248. The second kappa shape index (κ2) is 8.21. The monoisotopic (exact) mass is 358 g/mol. The van der Waals surface area contributed by atoms with Crippen LogP contribution in [0, 0.1) is 6.92 Å². The highest BCUT2D eigenvalue weighted by atomic mass is 79.9. The van der Waals surface area contributed by atoms with Crippen LogP contribution < -0.4 is 10.1 Å². The number of carbonyl (C=O) groups is 1. The molecule has 0 bridgehead atoms. The summed E-state index contributed by atoms with van der Waals surface area (Å²) in [4.78, 5) is 13.7. The molecule has 0 aliphatic rings. The number of amides is 1. The van der Waals surface area contributed by atoms with Crippen molar-refractivity contribution < 1.29 is 9.53 Å². The molecule has 0 saturated carbocycles. The third-order valence-electron chi connectivity index (χ3n) is 2.80. The molecule has 1 N–H and O–H groups in total. The number of thiocarbonyl (C=S) groups is 1. The number of carbonyl (C=O) groups excluding carboxylic acids is 1. The molecule has 0 radical (unpaired) electrons. The van der Waals surface area contributed by atoms with E-state index in [2.05, 4.69) is 21.2 Å². The Hall–Kier alpha value is -1.14. The van der Waals surface area contributed by atoms with Gasteiger partial charge in [-0.2, -0.15) is 0 Å². The molecule has 1 aromatic carbocycles. The highest BCUT2D eigenvalue weighted by molar-refractivity contribution is 9.10. The summed E-state index contributed by atoms with van der Waals surface area (Å²) in [5, 5.41) is 3.10. The molecule has 1 rings (SSSR count). The number of hydrogen-bond acceptors (Lipinski definition) is 3. The lowest BCUT2D eigenvalue weighted by Crippen LogP contribution is -2.44. The van der Waals surface area contributed by atoms with Gasteiger partial charge in [0.05, 0.1) is 0 Å². The van der Waals surface area contributed by atoms with E-state index in [-0.39, 0.29) is 12.5 Å². The van der Waals surface area contributed by atoms with Crippen molar-refractivity contribution in [1.29, 1.82) is 0 Å². The molecule has 0 fully saturated rings. The number of hydrogen-bond donors (Lipinski definition) is 1. The Morgan fingerprint density at radius 3 is 2.60 bits per heavy atom. The van der Waals surface area contributed by atoms with Crippen molar-refractivity contribution in [2.24, 2.45) is 0 Å². The molecule has 0 aliphatic carbocycles. The molecule has 0 saturated heterocycles. The Morgan fingerprint density at radius 1 is 1.40 bits per heavy atom. The van der Waals surface area contributed by atoms with E-state index < -0.39 is 0 Å². The Balaban J connectivity index is 2.47. The molecule has 1 amide bonds. The lowest BCUT2D eigenvalue weighted by molar-refractivity contribution is -0.121. The second-order valence-corrected chi connectivity index (χ2v) is 5.47. The van der Waals surface area contributed by atoms with Crippen LogP contribution in [0.2, 0.25) is 0 Å². The van der Waals surface area contributed by atoms with Crippen LogP contribution in [-0.2, 0) is 4.79 Å². The smallest absolute Gasteiger partial charge is 0.264 e. The van der Waals surface area contributed by atoms with Crippen molar-refractivity contribution in [1.82, 2.24) is 10.2 Å². The van der Waals surface area contributed by atoms with E-state index in [9.17, 15) is 4.79 Å². The Kier molecular flexibility index (Phi) is 6.95. The van der Waals surface area contributed by atoms with Gasteiger partial charge in [-0.05, 0) is 56.8 Å². The molecule has 20 heavy (non-hydrogen) atoms. The molecular formula is C14H19BrN2O2S. The second-order valence-electron chi connectivity index (χ2n) is 4.23. The van der Waals surface area contributed by atoms with E-state index in [4.69, 9.17) is 17.0 Å². The van der Waals surface area contributed by atoms with Crippen molar-refractivity contribution in [3.63, 3.8) is 0 Å². The van der Waals surface area contributed by atoms with Gasteiger partial charge in [0.2, 0.25) is 0 Å². The van der Waals surface area contributed by atoms with Crippen LogP contribution in [-0.4, -0.2) is 35.6 Å². The first-order valence-corrected chi connectivity index (χ1v) is 7.65. The predicted octanol–water partition coefficient (Wildman–Crippen LogP) is 2.88. The molecule has 0 heterocycles. The van der Waals surface area contributed by atoms with Crippen molar-refractivity contribution >= 4 is 39.2 Å². The van der Waals surface area contributed by atoms with Crippen LogP contribution in [0.25, 0.3) is 0 Å². The average Bonchev–Trinajstić information content (AvgIpc) is 2.41. The first kappa shape index (κ1) is 16.9. The molecule has 4 nitrogen and oxygen atoms in total. The standard InChI is InChI=1S/C14H19BrN2O2S/c1-4-17(5-2)14(20)16-13(18)9-19-11-6-7-12(15)10(3)8-11/h6-8H,4-5,9H2,1-3H3,(H,16,18,20). The normalized spacial score (nSPS) is 10.0. The number of nitrogens with one attached hydrogen (secondary N) is 1. The van der Waals surface area contributed by atoms with Gasteiger partial charge in [0, 0.05) is 17.6 Å². The van der Waals surface area contributed by atoms with Gasteiger partial charge in [0.25, 0.3) is 5.91 Å². The first-order chi connectivity index (χ1) is 9.47.